The molecule has 2 atom stereocenters. The topological polar surface area (TPSA) is 116 Å². The van der Waals surface area contributed by atoms with Crippen LogP contribution in [0.25, 0.3) is 10.9 Å². The molecule has 12 heteroatoms. The predicted octanol–water partition coefficient (Wildman–Crippen LogP) is 4.88. The molecule has 1 aliphatic carbocycles. The van der Waals surface area contributed by atoms with E-state index in [9.17, 15) is 9.90 Å². The molecule has 1 saturated carbocycles. The molecule has 3 aromatic rings. The molecule has 0 spiro atoms. The first-order valence-corrected chi connectivity index (χ1v) is 17.0. The predicted molar refractivity (Wildman–Crippen MR) is 177 cm³/mol. The highest BCUT2D eigenvalue weighted by atomic mass is 16.7. The fraction of sp³-hybridized carbons (Fsp3) is 0.571. The van der Waals surface area contributed by atoms with E-state index in [4.69, 9.17) is 33.5 Å². The van der Waals surface area contributed by atoms with Crippen LogP contribution in [0, 0.1) is 0 Å². The number of ether oxygens (including phenoxy) is 3. The zero-order chi connectivity index (χ0) is 32.5. The Kier molecular flexibility index (Phi) is 7.53. The van der Waals surface area contributed by atoms with Crippen LogP contribution in [0.2, 0.25) is 0 Å². The van der Waals surface area contributed by atoms with Gasteiger partial charge in [0.25, 0.3) is 0 Å². The second kappa shape index (κ2) is 11.5. The largest absolute Gasteiger partial charge is 0.499 e. The molecule has 248 valence electrons. The lowest BCUT2D eigenvalue weighted by molar-refractivity contribution is 0.00578. The fourth-order valence-electron chi connectivity index (χ4n) is 7.42. The van der Waals surface area contributed by atoms with E-state index < -0.39 is 24.4 Å². The first-order chi connectivity index (χ1) is 22.6. The highest BCUT2D eigenvalue weighted by molar-refractivity contribution is 6.64. The number of hydrogen-bond acceptors (Lipinski definition) is 9. The second-order valence-electron chi connectivity index (χ2n) is 14.6. The Morgan fingerprint density at radius 3 is 2.36 bits per heavy atom. The number of amides is 1. The molecule has 1 N–H and O–H groups in total. The van der Waals surface area contributed by atoms with Crippen molar-refractivity contribution >= 4 is 35.4 Å². The maximum Gasteiger partial charge on any atom is 0.499 e. The third kappa shape index (κ3) is 5.57. The first-order valence-electron chi connectivity index (χ1n) is 17.0. The maximum atomic E-state index is 11.9. The van der Waals surface area contributed by atoms with Crippen LogP contribution in [0.5, 0.6) is 11.8 Å². The maximum absolute atomic E-state index is 11.9. The van der Waals surface area contributed by atoms with E-state index in [2.05, 4.69) is 50.8 Å². The Morgan fingerprint density at radius 1 is 1.00 bits per heavy atom. The summed E-state index contributed by atoms with van der Waals surface area (Å²) in [6, 6.07) is 12.6. The molecule has 4 aliphatic heterocycles. The van der Waals surface area contributed by atoms with Crippen molar-refractivity contribution in [2.75, 3.05) is 31.2 Å². The SMILES string of the molecule is CC1(C)OB(c2c(C3CC3)cc3c(N4C[C@@H]5C[C@H]4CN5C(=O)O)nc(OC4CCOCC4)nc3c2OCc2ccccc2)OC1(C)C. The monoisotopic (exact) mass is 642 g/mol. The Balaban J connectivity index is 1.31. The van der Waals surface area contributed by atoms with Gasteiger partial charge < -0.3 is 38.4 Å². The molecule has 5 heterocycles. The van der Waals surface area contributed by atoms with Crippen LogP contribution < -0.4 is 19.8 Å². The number of carboxylic acid groups (broad SMARTS) is 1. The van der Waals surface area contributed by atoms with Crippen LogP contribution in [0.1, 0.15) is 76.8 Å². The van der Waals surface area contributed by atoms with Crippen molar-refractivity contribution < 1.29 is 33.4 Å². The summed E-state index contributed by atoms with van der Waals surface area (Å²) >= 11 is 0. The first kappa shape index (κ1) is 30.7. The van der Waals surface area contributed by atoms with Crippen molar-refractivity contribution in [2.24, 2.45) is 0 Å². The quantitative estimate of drug-likeness (QED) is 0.341. The van der Waals surface area contributed by atoms with Gasteiger partial charge in [0.15, 0.2) is 0 Å². The molecule has 5 aliphatic rings. The summed E-state index contributed by atoms with van der Waals surface area (Å²) in [5.74, 6) is 1.74. The number of piperazine rings is 1. The van der Waals surface area contributed by atoms with E-state index in [0.29, 0.717) is 56.1 Å². The number of carbonyl (C=O) groups is 1. The van der Waals surface area contributed by atoms with Crippen LogP contribution in [-0.4, -0.2) is 88.9 Å². The van der Waals surface area contributed by atoms with Gasteiger partial charge in [0, 0.05) is 36.8 Å². The van der Waals surface area contributed by atoms with Gasteiger partial charge in [-0.25, -0.2) is 4.79 Å². The summed E-state index contributed by atoms with van der Waals surface area (Å²) in [4.78, 5) is 26.0. The summed E-state index contributed by atoms with van der Waals surface area (Å²) in [5.41, 5.74) is 2.64. The molecule has 2 aromatic carbocycles. The third-order valence-corrected chi connectivity index (χ3v) is 10.9. The van der Waals surface area contributed by atoms with Crippen LogP contribution in [-0.2, 0) is 20.7 Å². The molecule has 0 radical (unpaired) electrons. The Morgan fingerprint density at radius 2 is 1.72 bits per heavy atom. The molecule has 47 heavy (non-hydrogen) atoms. The van der Waals surface area contributed by atoms with Crippen molar-refractivity contribution in [1.29, 1.82) is 0 Å². The molecule has 2 bridgehead atoms. The van der Waals surface area contributed by atoms with Gasteiger partial charge in [-0.1, -0.05) is 30.3 Å². The number of likely N-dealkylation sites (tertiary alicyclic amines) is 1. The fourth-order valence-corrected chi connectivity index (χ4v) is 7.42. The van der Waals surface area contributed by atoms with Gasteiger partial charge in [-0.15, -0.1) is 0 Å². The Bertz CT molecular complexity index is 1660. The zero-order valence-corrected chi connectivity index (χ0v) is 27.6. The summed E-state index contributed by atoms with van der Waals surface area (Å²) in [5, 5.41) is 10.7. The van der Waals surface area contributed by atoms with Gasteiger partial charge in [-0.3, -0.25) is 0 Å². The van der Waals surface area contributed by atoms with Gasteiger partial charge in [0.2, 0.25) is 0 Å². The second-order valence-corrected chi connectivity index (χ2v) is 14.6. The Labute approximate surface area is 275 Å². The minimum Gasteiger partial charge on any atom is -0.487 e. The summed E-state index contributed by atoms with van der Waals surface area (Å²) in [7, 11) is -0.643. The standard InChI is InChI=1S/C35H43BN4O7/c1-34(2)35(3,4)47-36(46-34)28-26(22-10-11-22)17-27-29(30(28)44-20-21-8-6-5-7-9-21)37-32(45-25-12-14-43-15-13-25)38-31(27)39-18-24-16-23(39)19-40(24)33(41)42/h5-9,17,22-25H,10-16,18-20H2,1-4H3,(H,41,42)/t23-,24-/m0/s1. The van der Waals surface area contributed by atoms with Gasteiger partial charge >= 0.3 is 19.2 Å². The van der Waals surface area contributed by atoms with Gasteiger partial charge in [-0.2, -0.15) is 9.97 Å². The average Bonchev–Trinajstić information content (AvgIpc) is 3.62. The normalized spacial score (nSPS) is 25.1. The van der Waals surface area contributed by atoms with Crippen LogP contribution in [0.4, 0.5) is 10.6 Å². The van der Waals surface area contributed by atoms with E-state index in [0.717, 1.165) is 59.9 Å². The van der Waals surface area contributed by atoms with E-state index in [-0.39, 0.29) is 18.2 Å². The number of aromatic nitrogens is 2. The lowest BCUT2D eigenvalue weighted by Gasteiger charge is -2.34. The van der Waals surface area contributed by atoms with Crippen molar-refractivity contribution in [3.05, 3.63) is 47.5 Å². The van der Waals surface area contributed by atoms with Crippen molar-refractivity contribution in [3.8, 4) is 11.8 Å². The van der Waals surface area contributed by atoms with E-state index in [1.807, 2.05) is 18.2 Å². The number of anilines is 1. The Hall–Kier alpha value is -3.61. The number of benzene rings is 2. The molecule has 4 saturated heterocycles. The number of fused-ring (bicyclic) bond motifs is 3. The van der Waals surface area contributed by atoms with E-state index >= 15 is 0 Å². The molecule has 11 nitrogen and oxygen atoms in total. The van der Waals surface area contributed by atoms with Crippen molar-refractivity contribution in [1.82, 2.24) is 14.9 Å². The molecule has 1 aromatic heterocycles. The van der Waals surface area contributed by atoms with Gasteiger partial charge in [-0.05, 0) is 70.1 Å². The highest BCUT2D eigenvalue weighted by Crippen LogP contribution is 2.47. The molecule has 0 unspecified atom stereocenters. The van der Waals surface area contributed by atoms with Crippen LogP contribution in [0.15, 0.2) is 36.4 Å². The van der Waals surface area contributed by atoms with Gasteiger partial charge in [0.05, 0.1) is 36.5 Å². The summed E-state index contributed by atoms with van der Waals surface area (Å²) < 4.78 is 32.3. The smallest absolute Gasteiger partial charge is 0.487 e. The number of hydrogen-bond donors (Lipinski definition) is 1. The minimum atomic E-state index is -0.868. The van der Waals surface area contributed by atoms with Crippen LogP contribution in [0.3, 0.4) is 0 Å². The average molecular weight is 643 g/mol. The summed E-state index contributed by atoms with van der Waals surface area (Å²) in [6.45, 7) is 10.9. The molecule has 5 fully saturated rings. The molecule has 8 rings (SSSR count). The molecular weight excluding hydrogens is 599 g/mol. The number of rotatable bonds is 8. The highest BCUT2D eigenvalue weighted by Gasteiger charge is 2.54. The van der Waals surface area contributed by atoms with Crippen molar-refractivity contribution in [2.45, 2.75) is 102 Å². The lowest BCUT2D eigenvalue weighted by Crippen LogP contribution is -2.48. The molecule has 1 amide bonds. The van der Waals surface area contributed by atoms with E-state index in [1.165, 1.54) is 0 Å². The molecular formula is C35H43BN4O7. The van der Waals surface area contributed by atoms with Crippen LogP contribution >= 0.6 is 0 Å². The number of nitrogens with zero attached hydrogens (tertiary/aromatic N) is 4. The third-order valence-electron chi connectivity index (χ3n) is 10.9. The van der Waals surface area contributed by atoms with Crippen molar-refractivity contribution in [3.63, 3.8) is 0 Å². The van der Waals surface area contributed by atoms with E-state index in [1.54, 1.807) is 4.90 Å². The summed E-state index contributed by atoms with van der Waals surface area (Å²) in [6.07, 6.45) is 3.50. The lowest BCUT2D eigenvalue weighted by atomic mass is 9.73. The zero-order valence-electron chi connectivity index (χ0n) is 27.6. The minimum absolute atomic E-state index is 0.0194. The van der Waals surface area contributed by atoms with Gasteiger partial charge in [0.1, 0.15) is 29.8 Å².